The minimum atomic E-state index is -0.519. The zero-order valence-electron chi connectivity index (χ0n) is 24.1. The van der Waals surface area contributed by atoms with Gasteiger partial charge in [0.1, 0.15) is 0 Å². The molecule has 0 aromatic heterocycles. The lowest BCUT2D eigenvalue weighted by molar-refractivity contribution is -0.253. The van der Waals surface area contributed by atoms with Gasteiger partial charge in [0.15, 0.2) is 6.29 Å². The summed E-state index contributed by atoms with van der Waals surface area (Å²) in [6.07, 6.45) is 11.5. The SMILES string of the molecule is O=C(Nc1cccc([C@@H]2O[C@H](CN3CCCCC3)C[C@H](c3ccc(CO)cc3)O2)c1)NC12CC3CC(CC(C3)C1)C2. The minimum Gasteiger partial charge on any atom is -0.392 e. The van der Waals surface area contributed by atoms with E-state index < -0.39 is 6.29 Å². The number of rotatable bonds is 7. The monoisotopic (exact) mass is 559 g/mol. The lowest BCUT2D eigenvalue weighted by atomic mass is 9.53. The van der Waals surface area contributed by atoms with Gasteiger partial charge in [0.2, 0.25) is 0 Å². The number of likely N-dealkylation sites (tertiary alicyclic amines) is 1. The van der Waals surface area contributed by atoms with Crippen molar-refractivity contribution in [3.05, 3.63) is 65.2 Å². The van der Waals surface area contributed by atoms with E-state index in [1.807, 2.05) is 36.4 Å². The van der Waals surface area contributed by atoms with Crippen molar-refractivity contribution in [2.45, 2.75) is 94.9 Å². The largest absolute Gasteiger partial charge is 0.392 e. The molecule has 2 saturated heterocycles. The Morgan fingerprint density at radius 3 is 2.27 bits per heavy atom. The first-order chi connectivity index (χ1) is 20.0. The maximum atomic E-state index is 13.2. The predicted octanol–water partition coefficient (Wildman–Crippen LogP) is 6.30. The molecular weight excluding hydrogens is 514 g/mol. The molecule has 6 fully saturated rings. The van der Waals surface area contributed by atoms with E-state index in [0.29, 0.717) is 0 Å². The molecule has 0 spiro atoms. The van der Waals surface area contributed by atoms with E-state index in [2.05, 4.69) is 27.7 Å². The number of carbonyl (C=O) groups is 1. The molecule has 4 saturated carbocycles. The summed E-state index contributed by atoms with van der Waals surface area (Å²) in [6, 6.07) is 15.9. The number of aliphatic hydroxyl groups excluding tert-OH is 1. The zero-order valence-corrected chi connectivity index (χ0v) is 24.1. The van der Waals surface area contributed by atoms with Gasteiger partial charge in [-0.1, -0.05) is 42.8 Å². The van der Waals surface area contributed by atoms with E-state index in [-0.39, 0.29) is 30.4 Å². The Balaban J connectivity index is 1.05. The van der Waals surface area contributed by atoms with Crippen molar-refractivity contribution >= 4 is 11.7 Å². The standard InChI is InChI=1S/C34H45N3O4/c38-22-23-7-9-27(10-8-23)31-17-30(21-37-11-2-1-3-12-37)40-32(41-31)28-5-4-6-29(16-28)35-33(39)36-34-18-24-13-25(19-34)15-26(14-24)20-34/h4-10,16,24-26,30-32,38H,1-3,11-15,17-22H2,(H2,35,36,39)/t24?,25?,26?,30-,31+,32+,34?/m0/s1. The molecule has 0 unspecified atom stereocenters. The highest BCUT2D eigenvalue weighted by molar-refractivity contribution is 5.89. The molecule has 2 heterocycles. The van der Waals surface area contributed by atoms with E-state index in [1.54, 1.807) is 0 Å². The van der Waals surface area contributed by atoms with E-state index in [0.717, 1.165) is 85.4 Å². The summed E-state index contributed by atoms with van der Waals surface area (Å²) in [5.41, 5.74) is 3.65. The Kier molecular flexibility index (Phi) is 7.80. The van der Waals surface area contributed by atoms with E-state index in [4.69, 9.17) is 9.47 Å². The zero-order chi connectivity index (χ0) is 27.8. The number of nitrogens with one attached hydrogen (secondary N) is 2. The van der Waals surface area contributed by atoms with Crippen molar-refractivity contribution in [1.82, 2.24) is 10.2 Å². The van der Waals surface area contributed by atoms with Crippen molar-refractivity contribution < 1.29 is 19.4 Å². The summed E-state index contributed by atoms with van der Waals surface area (Å²) >= 11 is 0. The molecule has 41 heavy (non-hydrogen) atoms. The highest BCUT2D eigenvalue weighted by Crippen LogP contribution is 2.55. The maximum Gasteiger partial charge on any atom is 0.319 e. The van der Waals surface area contributed by atoms with Gasteiger partial charge < -0.3 is 30.1 Å². The van der Waals surface area contributed by atoms with Gasteiger partial charge in [-0.15, -0.1) is 0 Å². The van der Waals surface area contributed by atoms with Crippen LogP contribution in [0.1, 0.15) is 93.3 Å². The smallest absolute Gasteiger partial charge is 0.319 e. The average Bonchev–Trinajstić information content (AvgIpc) is 2.97. The third kappa shape index (κ3) is 6.19. The van der Waals surface area contributed by atoms with Crippen LogP contribution in [0, 0.1) is 17.8 Å². The van der Waals surface area contributed by atoms with Crippen molar-refractivity contribution in [3.8, 4) is 0 Å². The molecule has 2 amide bonds. The van der Waals surface area contributed by atoms with Crippen molar-refractivity contribution in [1.29, 1.82) is 0 Å². The van der Waals surface area contributed by atoms with Gasteiger partial charge in [0.25, 0.3) is 0 Å². The van der Waals surface area contributed by atoms with Gasteiger partial charge in [-0.05, 0) is 105 Å². The highest BCUT2D eigenvalue weighted by atomic mass is 16.7. The summed E-state index contributed by atoms with van der Waals surface area (Å²) in [5, 5.41) is 16.1. The van der Waals surface area contributed by atoms with Crippen LogP contribution in [-0.2, 0) is 16.1 Å². The number of hydrogen-bond donors (Lipinski definition) is 3. The fourth-order valence-corrected chi connectivity index (χ4v) is 8.89. The van der Waals surface area contributed by atoms with Gasteiger partial charge in [-0.2, -0.15) is 0 Å². The third-order valence-corrected chi connectivity index (χ3v) is 10.4. The molecule has 7 nitrogen and oxygen atoms in total. The van der Waals surface area contributed by atoms with Gasteiger partial charge in [0.05, 0.1) is 18.8 Å². The molecule has 6 aliphatic rings. The number of ether oxygens (including phenoxy) is 2. The average molecular weight is 560 g/mol. The third-order valence-electron chi connectivity index (χ3n) is 10.4. The molecule has 3 atom stereocenters. The van der Waals surface area contributed by atoms with Crippen LogP contribution < -0.4 is 10.6 Å². The van der Waals surface area contributed by atoms with E-state index in [9.17, 15) is 9.90 Å². The number of hydrogen-bond acceptors (Lipinski definition) is 5. The molecule has 8 rings (SSSR count). The number of nitrogens with zero attached hydrogens (tertiary/aromatic N) is 1. The van der Waals surface area contributed by atoms with Gasteiger partial charge in [-0.25, -0.2) is 4.79 Å². The second-order valence-electron chi connectivity index (χ2n) is 13.6. The van der Waals surface area contributed by atoms with Crippen molar-refractivity contribution in [2.24, 2.45) is 17.8 Å². The first-order valence-electron chi connectivity index (χ1n) is 15.9. The second-order valence-corrected chi connectivity index (χ2v) is 13.6. The topological polar surface area (TPSA) is 83.1 Å². The number of anilines is 1. The summed E-state index contributed by atoms with van der Waals surface area (Å²) in [7, 11) is 0. The number of urea groups is 1. The van der Waals surface area contributed by atoms with Crippen LogP contribution in [0.15, 0.2) is 48.5 Å². The molecule has 7 heteroatoms. The number of carbonyl (C=O) groups excluding carboxylic acids is 1. The Labute approximate surface area is 244 Å². The number of benzene rings is 2. The number of amides is 2. The normalized spacial score (nSPS) is 34.9. The van der Waals surface area contributed by atoms with Gasteiger partial charge in [-0.3, -0.25) is 0 Å². The van der Waals surface area contributed by atoms with Crippen LogP contribution >= 0.6 is 0 Å². The maximum absolute atomic E-state index is 13.2. The van der Waals surface area contributed by atoms with Crippen LogP contribution in [0.25, 0.3) is 0 Å². The van der Waals surface area contributed by atoms with Crippen LogP contribution in [0.2, 0.25) is 0 Å². The summed E-state index contributed by atoms with van der Waals surface area (Å²) in [4.78, 5) is 15.8. The summed E-state index contributed by atoms with van der Waals surface area (Å²) < 4.78 is 13.2. The van der Waals surface area contributed by atoms with E-state index >= 15 is 0 Å². The van der Waals surface area contributed by atoms with E-state index in [1.165, 1.54) is 38.5 Å². The van der Waals surface area contributed by atoms with Crippen molar-refractivity contribution in [2.75, 3.05) is 25.0 Å². The Hall–Kier alpha value is -2.45. The lowest BCUT2D eigenvalue weighted by Crippen LogP contribution is -2.60. The second kappa shape index (κ2) is 11.7. The molecule has 4 bridgehead atoms. The molecule has 0 radical (unpaired) electrons. The van der Waals surface area contributed by atoms with Crippen LogP contribution in [0.5, 0.6) is 0 Å². The summed E-state index contributed by atoms with van der Waals surface area (Å²) in [5.74, 6) is 2.36. The van der Waals surface area contributed by atoms with Gasteiger partial charge >= 0.3 is 6.03 Å². The molecule has 2 aliphatic heterocycles. The predicted molar refractivity (Wildman–Crippen MR) is 158 cm³/mol. The van der Waals surface area contributed by atoms with Crippen LogP contribution in [0.4, 0.5) is 10.5 Å². The first-order valence-corrected chi connectivity index (χ1v) is 15.9. The Morgan fingerprint density at radius 2 is 1.59 bits per heavy atom. The quantitative estimate of drug-likeness (QED) is 0.371. The Bertz CT molecular complexity index is 1180. The fourth-order valence-electron chi connectivity index (χ4n) is 8.89. The molecule has 2 aromatic carbocycles. The number of aliphatic hydroxyl groups is 1. The molecular formula is C34H45N3O4. The Morgan fingerprint density at radius 1 is 0.878 bits per heavy atom. The van der Waals surface area contributed by atoms with Crippen LogP contribution in [-0.4, -0.2) is 47.3 Å². The van der Waals surface area contributed by atoms with Crippen LogP contribution in [0.3, 0.4) is 0 Å². The first kappa shape index (κ1) is 27.4. The molecule has 220 valence electrons. The highest BCUT2D eigenvalue weighted by Gasteiger charge is 2.51. The molecule has 3 N–H and O–H groups in total. The minimum absolute atomic E-state index is 0.0213. The fraction of sp³-hybridized carbons (Fsp3) is 0.618. The summed E-state index contributed by atoms with van der Waals surface area (Å²) in [6.45, 7) is 3.18. The van der Waals surface area contributed by atoms with Crippen molar-refractivity contribution in [3.63, 3.8) is 0 Å². The lowest BCUT2D eigenvalue weighted by Gasteiger charge is -2.56. The molecule has 4 aliphatic carbocycles. The molecule has 2 aromatic rings. The number of piperidine rings is 1. The van der Waals surface area contributed by atoms with Gasteiger partial charge in [0, 0.05) is 29.8 Å².